The fourth-order valence-electron chi connectivity index (χ4n) is 2.14. The second-order valence-electron chi connectivity index (χ2n) is 4.94. The third-order valence-corrected chi connectivity index (χ3v) is 3.39. The molecule has 0 radical (unpaired) electrons. The number of ether oxygens (including phenoxy) is 1. The first kappa shape index (κ1) is 15.6. The van der Waals surface area contributed by atoms with Crippen molar-refractivity contribution in [2.24, 2.45) is 0 Å². The highest BCUT2D eigenvalue weighted by molar-refractivity contribution is 5.27. The maximum atomic E-state index is 13.6. The first-order valence-electron chi connectivity index (χ1n) is 6.80. The average molecular weight is 292 g/mol. The van der Waals surface area contributed by atoms with E-state index >= 15 is 0 Å². The summed E-state index contributed by atoms with van der Waals surface area (Å²) in [7, 11) is 1.65. The number of aliphatic hydroxyl groups excluding tert-OH is 1. The summed E-state index contributed by atoms with van der Waals surface area (Å²) in [5.41, 5.74) is 2.12. The molecule has 0 aromatic heterocycles. The zero-order chi connectivity index (χ0) is 15.2. The summed E-state index contributed by atoms with van der Waals surface area (Å²) in [5, 5.41) is 10.1. The van der Waals surface area contributed by atoms with Crippen LogP contribution in [0.4, 0.5) is 8.78 Å². The van der Waals surface area contributed by atoms with Crippen LogP contribution in [0.1, 0.15) is 22.8 Å². The summed E-state index contributed by atoms with van der Waals surface area (Å²) >= 11 is 0. The van der Waals surface area contributed by atoms with Gasteiger partial charge in [-0.3, -0.25) is 0 Å². The van der Waals surface area contributed by atoms with Gasteiger partial charge in [0.25, 0.3) is 0 Å². The lowest BCUT2D eigenvalue weighted by molar-refractivity contribution is 0.177. The van der Waals surface area contributed by atoms with E-state index in [0.717, 1.165) is 18.1 Å². The van der Waals surface area contributed by atoms with Crippen LogP contribution >= 0.6 is 0 Å². The van der Waals surface area contributed by atoms with E-state index in [0.29, 0.717) is 17.7 Å². The number of benzene rings is 2. The molecule has 0 fully saturated rings. The molecule has 0 heterocycles. The van der Waals surface area contributed by atoms with Crippen molar-refractivity contribution in [2.75, 3.05) is 13.7 Å². The van der Waals surface area contributed by atoms with Crippen LogP contribution in [0.5, 0.6) is 0 Å². The molecule has 112 valence electrons. The molecule has 0 spiro atoms. The molecule has 2 rings (SSSR count). The number of halogens is 2. The van der Waals surface area contributed by atoms with Gasteiger partial charge in [0.1, 0.15) is 11.6 Å². The molecule has 0 aliphatic carbocycles. The summed E-state index contributed by atoms with van der Waals surface area (Å²) in [6.07, 6.45) is 0.102. The molecule has 4 heteroatoms. The molecule has 0 amide bonds. The molecule has 21 heavy (non-hydrogen) atoms. The Morgan fingerprint density at radius 2 is 1.81 bits per heavy atom. The zero-order valence-electron chi connectivity index (χ0n) is 11.9. The smallest absolute Gasteiger partial charge is 0.129 e. The van der Waals surface area contributed by atoms with Gasteiger partial charge < -0.3 is 9.84 Å². The van der Waals surface area contributed by atoms with Crippen molar-refractivity contribution >= 4 is 0 Å². The van der Waals surface area contributed by atoms with Crippen LogP contribution in [0.2, 0.25) is 0 Å². The lowest BCUT2D eigenvalue weighted by Gasteiger charge is -2.12. The lowest BCUT2D eigenvalue weighted by atomic mass is 9.99. The Bertz CT molecular complexity index is 582. The van der Waals surface area contributed by atoms with E-state index < -0.39 is 17.7 Å². The van der Waals surface area contributed by atoms with Gasteiger partial charge in [0.05, 0.1) is 12.7 Å². The minimum absolute atomic E-state index is 0.115. The summed E-state index contributed by atoms with van der Waals surface area (Å²) in [4.78, 5) is 0. The van der Waals surface area contributed by atoms with Crippen molar-refractivity contribution in [3.63, 3.8) is 0 Å². The van der Waals surface area contributed by atoms with Crippen molar-refractivity contribution in [3.05, 3.63) is 70.8 Å². The van der Waals surface area contributed by atoms with Crippen molar-refractivity contribution < 1.29 is 18.6 Å². The van der Waals surface area contributed by atoms with Crippen LogP contribution in [-0.2, 0) is 17.6 Å². The Hall–Kier alpha value is -1.78. The predicted molar refractivity (Wildman–Crippen MR) is 77.0 cm³/mol. The van der Waals surface area contributed by atoms with Gasteiger partial charge in [0.15, 0.2) is 0 Å². The van der Waals surface area contributed by atoms with Gasteiger partial charge in [-0.1, -0.05) is 30.3 Å². The SMILES string of the molecule is COCCc1ccc(C(O)Cc2ccc(F)cc2F)cc1. The lowest BCUT2D eigenvalue weighted by Crippen LogP contribution is -2.04. The minimum atomic E-state index is -0.818. The molecule has 0 aliphatic rings. The van der Waals surface area contributed by atoms with Crippen LogP contribution in [0.25, 0.3) is 0 Å². The summed E-state index contributed by atoms with van der Waals surface area (Å²) in [6, 6.07) is 10.8. The summed E-state index contributed by atoms with van der Waals surface area (Å²) in [6.45, 7) is 0.642. The Kier molecular flexibility index (Phi) is 5.42. The highest BCUT2D eigenvalue weighted by Gasteiger charge is 2.12. The zero-order valence-corrected chi connectivity index (χ0v) is 11.9. The minimum Gasteiger partial charge on any atom is -0.388 e. The summed E-state index contributed by atoms with van der Waals surface area (Å²) < 4.78 is 31.4. The average Bonchev–Trinajstić information content (AvgIpc) is 2.48. The molecule has 2 aromatic rings. The molecule has 2 nitrogen and oxygen atoms in total. The largest absolute Gasteiger partial charge is 0.388 e. The van der Waals surface area contributed by atoms with Gasteiger partial charge in [-0.05, 0) is 29.2 Å². The maximum Gasteiger partial charge on any atom is 0.129 e. The molecule has 1 unspecified atom stereocenters. The van der Waals surface area contributed by atoms with Crippen LogP contribution < -0.4 is 0 Å². The number of hydrogen-bond acceptors (Lipinski definition) is 2. The Morgan fingerprint density at radius 1 is 1.10 bits per heavy atom. The van der Waals surface area contributed by atoms with E-state index in [-0.39, 0.29) is 6.42 Å². The van der Waals surface area contributed by atoms with Gasteiger partial charge in [-0.25, -0.2) is 8.78 Å². The molecule has 1 N–H and O–H groups in total. The Balaban J connectivity index is 2.04. The molecular weight excluding hydrogens is 274 g/mol. The fraction of sp³-hybridized carbons (Fsp3) is 0.294. The molecular formula is C17H18F2O2. The van der Waals surface area contributed by atoms with Gasteiger partial charge in [0, 0.05) is 19.6 Å². The van der Waals surface area contributed by atoms with E-state index in [1.807, 2.05) is 24.3 Å². The number of methoxy groups -OCH3 is 1. The van der Waals surface area contributed by atoms with E-state index in [9.17, 15) is 13.9 Å². The van der Waals surface area contributed by atoms with Crippen LogP contribution in [0, 0.1) is 11.6 Å². The highest BCUT2D eigenvalue weighted by atomic mass is 19.1. The molecule has 1 atom stereocenters. The highest BCUT2D eigenvalue weighted by Crippen LogP contribution is 2.21. The van der Waals surface area contributed by atoms with Gasteiger partial charge >= 0.3 is 0 Å². The maximum absolute atomic E-state index is 13.6. The van der Waals surface area contributed by atoms with Gasteiger partial charge in [-0.15, -0.1) is 0 Å². The quantitative estimate of drug-likeness (QED) is 0.884. The number of rotatable bonds is 6. The summed E-state index contributed by atoms with van der Waals surface area (Å²) in [5.74, 6) is -1.25. The van der Waals surface area contributed by atoms with E-state index in [4.69, 9.17) is 4.74 Å². The third kappa shape index (κ3) is 4.34. The molecule has 0 saturated heterocycles. The van der Waals surface area contributed by atoms with Crippen LogP contribution in [0.3, 0.4) is 0 Å². The normalized spacial score (nSPS) is 12.4. The van der Waals surface area contributed by atoms with Crippen LogP contribution in [-0.4, -0.2) is 18.8 Å². The molecule has 0 aliphatic heterocycles. The van der Waals surface area contributed by atoms with E-state index in [1.165, 1.54) is 12.1 Å². The first-order valence-corrected chi connectivity index (χ1v) is 6.80. The monoisotopic (exact) mass is 292 g/mol. The van der Waals surface area contributed by atoms with Crippen LogP contribution in [0.15, 0.2) is 42.5 Å². The predicted octanol–water partition coefficient (Wildman–Crippen LogP) is 3.43. The van der Waals surface area contributed by atoms with Crippen molar-refractivity contribution in [1.29, 1.82) is 0 Å². The van der Waals surface area contributed by atoms with E-state index in [1.54, 1.807) is 7.11 Å². The molecule has 2 aromatic carbocycles. The molecule has 0 bridgehead atoms. The first-order chi connectivity index (χ1) is 10.1. The second-order valence-corrected chi connectivity index (χ2v) is 4.94. The van der Waals surface area contributed by atoms with Crippen molar-refractivity contribution in [2.45, 2.75) is 18.9 Å². The topological polar surface area (TPSA) is 29.5 Å². The third-order valence-electron chi connectivity index (χ3n) is 3.39. The standard InChI is InChI=1S/C17H18F2O2/c1-21-9-8-12-2-4-13(5-3-12)17(20)10-14-6-7-15(18)11-16(14)19/h2-7,11,17,20H,8-10H2,1H3. The van der Waals surface area contributed by atoms with Gasteiger partial charge in [0.2, 0.25) is 0 Å². The van der Waals surface area contributed by atoms with Gasteiger partial charge in [-0.2, -0.15) is 0 Å². The number of hydrogen-bond donors (Lipinski definition) is 1. The Labute approximate surface area is 123 Å². The fourth-order valence-corrected chi connectivity index (χ4v) is 2.14. The Morgan fingerprint density at radius 3 is 2.43 bits per heavy atom. The van der Waals surface area contributed by atoms with E-state index in [2.05, 4.69) is 0 Å². The van der Waals surface area contributed by atoms with Crippen molar-refractivity contribution in [3.8, 4) is 0 Å². The molecule has 0 saturated carbocycles. The second kappa shape index (κ2) is 7.29. The van der Waals surface area contributed by atoms with Crippen molar-refractivity contribution in [1.82, 2.24) is 0 Å². The number of aliphatic hydroxyl groups is 1.